The fourth-order valence-electron chi connectivity index (χ4n) is 1.68. The van der Waals surface area contributed by atoms with Crippen molar-refractivity contribution in [1.82, 2.24) is 9.97 Å². The lowest BCUT2D eigenvalue weighted by Gasteiger charge is -2.11. The number of halogens is 1. The summed E-state index contributed by atoms with van der Waals surface area (Å²) in [5.74, 6) is 1.55. The third-order valence-corrected chi connectivity index (χ3v) is 4.34. The van der Waals surface area contributed by atoms with Gasteiger partial charge in [0.1, 0.15) is 5.82 Å². The van der Waals surface area contributed by atoms with Crippen LogP contribution >= 0.6 is 27.3 Å². The number of hydrogen-bond donors (Lipinski definition) is 1. The molecule has 0 saturated carbocycles. The Hall–Kier alpha value is -0.980. The molecule has 0 bridgehead atoms. The quantitative estimate of drug-likeness (QED) is 0.896. The van der Waals surface area contributed by atoms with E-state index < -0.39 is 0 Å². The Labute approximate surface area is 125 Å². The van der Waals surface area contributed by atoms with Gasteiger partial charge in [0.05, 0.1) is 21.7 Å². The van der Waals surface area contributed by atoms with Crippen LogP contribution in [0.5, 0.6) is 0 Å². The lowest BCUT2D eigenvalue weighted by Crippen LogP contribution is -2.06. The second-order valence-electron chi connectivity index (χ2n) is 4.03. The van der Waals surface area contributed by atoms with Crippen molar-refractivity contribution in [1.29, 1.82) is 0 Å². The number of nitrogens with zero attached hydrogens (tertiary/aromatic N) is 2. The largest absolute Gasteiger partial charge is 0.378 e. The third kappa shape index (κ3) is 3.32. The number of aryl methyl sites for hydroxylation is 1. The average molecular weight is 342 g/mol. The molecule has 4 nitrogen and oxygen atoms in total. The smallest absolute Gasteiger partial charge is 0.172 e. The van der Waals surface area contributed by atoms with Gasteiger partial charge in [0, 0.05) is 18.5 Å². The van der Waals surface area contributed by atoms with E-state index in [4.69, 9.17) is 4.74 Å². The van der Waals surface area contributed by atoms with Gasteiger partial charge in [-0.25, -0.2) is 9.97 Å². The summed E-state index contributed by atoms with van der Waals surface area (Å²) in [4.78, 5) is 11.5. The molecule has 2 rings (SSSR count). The van der Waals surface area contributed by atoms with E-state index in [9.17, 15) is 0 Å². The van der Waals surface area contributed by atoms with Gasteiger partial charge >= 0.3 is 0 Å². The molecule has 1 N–H and O–H groups in total. The van der Waals surface area contributed by atoms with Crippen LogP contribution < -0.4 is 5.32 Å². The van der Waals surface area contributed by atoms with Gasteiger partial charge in [-0.15, -0.1) is 11.3 Å². The third-order valence-electron chi connectivity index (χ3n) is 2.51. The van der Waals surface area contributed by atoms with Crippen molar-refractivity contribution in [3.05, 3.63) is 27.2 Å². The van der Waals surface area contributed by atoms with Gasteiger partial charge in [-0.2, -0.15) is 0 Å². The van der Waals surface area contributed by atoms with E-state index in [2.05, 4.69) is 50.3 Å². The van der Waals surface area contributed by atoms with Crippen molar-refractivity contribution in [2.45, 2.75) is 20.5 Å². The molecular weight excluding hydrogens is 326 g/mol. The summed E-state index contributed by atoms with van der Waals surface area (Å²) in [6.45, 7) is 5.39. The molecule has 0 radical (unpaired) electrons. The van der Waals surface area contributed by atoms with Gasteiger partial charge in [0.15, 0.2) is 5.82 Å². The van der Waals surface area contributed by atoms with E-state index in [-0.39, 0.29) is 0 Å². The molecule has 0 atom stereocenters. The zero-order valence-electron chi connectivity index (χ0n) is 11.2. The average Bonchev–Trinajstić information content (AvgIpc) is 2.81. The molecule has 0 amide bonds. The van der Waals surface area contributed by atoms with Gasteiger partial charge in [-0.05, 0) is 41.9 Å². The fraction of sp³-hybridized carbons (Fsp3) is 0.385. The van der Waals surface area contributed by atoms with Crippen molar-refractivity contribution in [2.75, 3.05) is 19.0 Å². The van der Waals surface area contributed by atoms with E-state index in [1.165, 1.54) is 4.88 Å². The van der Waals surface area contributed by atoms with Crippen LogP contribution in [0, 0.1) is 6.92 Å². The Kier molecular flexibility index (Phi) is 4.90. The first-order valence-corrected chi connectivity index (χ1v) is 7.62. The van der Waals surface area contributed by atoms with Crippen LogP contribution in [0.1, 0.15) is 17.5 Å². The molecule has 2 aromatic heterocycles. The highest BCUT2D eigenvalue weighted by atomic mass is 79.9. The highest BCUT2D eigenvalue weighted by molar-refractivity contribution is 9.10. The maximum absolute atomic E-state index is 5.19. The summed E-state index contributed by atoms with van der Waals surface area (Å²) in [6.07, 6.45) is 0. The van der Waals surface area contributed by atoms with Crippen LogP contribution in [-0.2, 0) is 11.3 Å². The zero-order chi connectivity index (χ0) is 13.8. The Balaban J connectivity index is 2.48. The van der Waals surface area contributed by atoms with Gasteiger partial charge in [-0.3, -0.25) is 0 Å². The zero-order valence-corrected chi connectivity index (χ0v) is 13.6. The van der Waals surface area contributed by atoms with Crippen molar-refractivity contribution < 1.29 is 4.74 Å². The molecule has 2 aromatic rings. The Morgan fingerprint density at radius 1 is 1.37 bits per heavy atom. The molecule has 0 saturated heterocycles. The minimum Gasteiger partial charge on any atom is -0.378 e. The molecule has 0 aromatic carbocycles. The summed E-state index contributed by atoms with van der Waals surface area (Å²) >= 11 is 5.22. The first-order chi connectivity index (χ1) is 9.15. The summed E-state index contributed by atoms with van der Waals surface area (Å²) in [5.41, 5.74) is 0.856. The first kappa shape index (κ1) is 14.4. The van der Waals surface area contributed by atoms with E-state index in [1.54, 1.807) is 18.4 Å². The molecule has 6 heteroatoms. The lowest BCUT2D eigenvalue weighted by molar-refractivity contribution is 0.181. The van der Waals surface area contributed by atoms with Gasteiger partial charge in [0.25, 0.3) is 0 Å². The van der Waals surface area contributed by atoms with Gasteiger partial charge < -0.3 is 10.1 Å². The Bertz CT molecular complexity index is 544. The molecule has 0 spiro atoms. The lowest BCUT2D eigenvalue weighted by atomic mass is 10.3. The number of rotatable bonds is 5. The topological polar surface area (TPSA) is 47.0 Å². The number of aromatic nitrogens is 2. The van der Waals surface area contributed by atoms with Crippen LogP contribution in [0.25, 0.3) is 10.7 Å². The predicted molar refractivity (Wildman–Crippen MR) is 82.7 cm³/mol. The summed E-state index contributed by atoms with van der Waals surface area (Å²) in [7, 11) is 1.66. The van der Waals surface area contributed by atoms with E-state index in [0.29, 0.717) is 6.61 Å². The number of anilines is 1. The van der Waals surface area contributed by atoms with E-state index >= 15 is 0 Å². The van der Waals surface area contributed by atoms with Crippen LogP contribution in [0.4, 0.5) is 5.82 Å². The molecule has 0 aliphatic rings. The van der Waals surface area contributed by atoms with Gasteiger partial charge in [-0.1, -0.05) is 0 Å². The highest BCUT2D eigenvalue weighted by Crippen LogP contribution is 2.30. The minimum absolute atomic E-state index is 0.457. The highest BCUT2D eigenvalue weighted by Gasteiger charge is 2.14. The predicted octanol–water partition coefficient (Wildman–Crippen LogP) is 3.85. The second-order valence-corrected chi connectivity index (χ2v) is 6.11. The number of nitrogens with one attached hydrogen (secondary N) is 1. The number of hydrogen-bond acceptors (Lipinski definition) is 5. The van der Waals surface area contributed by atoms with Crippen LogP contribution in [0.3, 0.4) is 0 Å². The Morgan fingerprint density at radius 3 is 2.74 bits per heavy atom. The number of ether oxygens (including phenoxy) is 1. The molecule has 19 heavy (non-hydrogen) atoms. The molecule has 0 aliphatic carbocycles. The van der Waals surface area contributed by atoms with Crippen molar-refractivity contribution in [3.63, 3.8) is 0 Å². The summed E-state index contributed by atoms with van der Waals surface area (Å²) in [5, 5.41) is 3.24. The number of methoxy groups -OCH3 is 1. The number of thiophene rings is 1. The summed E-state index contributed by atoms with van der Waals surface area (Å²) in [6, 6.07) is 4.13. The SMILES string of the molecule is CCNc1nc(-c2ccc(C)s2)nc(COC)c1Br. The molecule has 0 unspecified atom stereocenters. The second kappa shape index (κ2) is 6.45. The first-order valence-electron chi connectivity index (χ1n) is 6.01. The minimum atomic E-state index is 0.457. The standard InChI is InChI=1S/C13H16BrN3OS/c1-4-15-13-11(14)9(7-18-3)16-12(17-13)10-6-5-8(2)19-10/h5-6H,4,7H2,1-3H3,(H,15,16,17). The maximum atomic E-state index is 5.19. The van der Waals surface area contributed by atoms with Crippen LogP contribution in [0.15, 0.2) is 16.6 Å². The van der Waals surface area contributed by atoms with Gasteiger partial charge in [0.2, 0.25) is 0 Å². The monoisotopic (exact) mass is 341 g/mol. The van der Waals surface area contributed by atoms with Crippen LogP contribution in [-0.4, -0.2) is 23.6 Å². The maximum Gasteiger partial charge on any atom is 0.172 e. The molecule has 102 valence electrons. The normalized spacial score (nSPS) is 10.7. The van der Waals surface area contributed by atoms with Crippen molar-refractivity contribution in [2.24, 2.45) is 0 Å². The summed E-state index contributed by atoms with van der Waals surface area (Å²) < 4.78 is 6.06. The van der Waals surface area contributed by atoms with E-state index in [1.807, 2.05) is 6.92 Å². The van der Waals surface area contributed by atoms with Crippen molar-refractivity contribution >= 4 is 33.1 Å². The molecule has 0 fully saturated rings. The Morgan fingerprint density at radius 2 is 2.16 bits per heavy atom. The van der Waals surface area contributed by atoms with Crippen molar-refractivity contribution in [3.8, 4) is 10.7 Å². The van der Waals surface area contributed by atoms with E-state index in [0.717, 1.165) is 33.2 Å². The molecule has 2 heterocycles. The molecule has 0 aliphatic heterocycles. The molecular formula is C13H16BrN3OS. The van der Waals surface area contributed by atoms with Crippen LogP contribution in [0.2, 0.25) is 0 Å². The fourth-order valence-corrected chi connectivity index (χ4v) is 2.91.